The number of pyridine rings is 1. The summed E-state index contributed by atoms with van der Waals surface area (Å²) in [5.41, 5.74) is 1.28. The summed E-state index contributed by atoms with van der Waals surface area (Å²) in [6.45, 7) is 0. The third kappa shape index (κ3) is 4.74. The van der Waals surface area contributed by atoms with Gasteiger partial charge in [0.2, 0.25) is 5.88 Å². The Kier molecular flexibility index (Phi) is 6.38. The Morgan fingerprint density at radius 3 is 2.56 bits per heavy atom. The molecule has 0 saturated heterocycles. The largest absolute Gasteiger partial charge is 0.480 e. The maximum absolute atomic E-state index is 15.6. The first-order valence-electron chi connectivity index (χ1n) is 11.9. The fourth-order valence-electron chi connectivity index (χ4n) is 4.23. The van der Waals surface area contributed by atoms with Gasteiger partial charge in [-0.3, -0.25) is 9.71 Å². The van der Waals surface area contributed by atoms with Gasteiger partial charge in [0.05, 0.1) is 47.7 Å². The predicted molar refractivity (Wildman–Crippen MR) is 143 cm³/mol. The normalized spacial score (nSPS) is 11.6. The summed E-state index contributed by atoms with van der Waals surface area (Å²) in [6.07, 6.45) is 6.68. The number of aromatic nitrogens is 6. The van der Waals surface area contributed by atoms with Crippen LogP contribution in [-0.4, -0.2) is 44.8 Å². The molecular formula is C27H18F3N7O3S. The van der Waals surface area contributed by atoms with Crippen LogP contribution in [-0.2, 0) is 10.0 Å². The molecule has 4 heterocycles. The highest BCUT2D eigenvalue weighted by atomic mass is 32.2. The molecule has 0 atom stereocenters. The van der Waals surface area contributed by atoms with E-state index in [4.69, 9.17) is 4.74 Å². The highest BCUT2D eigenvalue weighted by molar-refractivity contribution is 7.92. The molecule has 2 aromatic carbocycles. The fourth-order valence-corrected chi connectivity index (χ4v) is 5.42. The van der Waals surface area contributed by atoms with Crippen molar-refractivity contribution in [1.29, 1.82) is 0 Å². The first-order chi connectivity index (χ1) is 19.7. The van der Waals surface area contributed by atoms with Gasteiger partial charge in [0.1, 0.15) is 23.7 Å². The lowest BCUT2D eigenvalue weighted by Gasteiger charge is -2.13. The lowest BCUT2D eigenvalue weighted by atomic mass is 10.1. The molecule has 0 aliphatic carbocycles. The van der Waals surface area contributed by atoms with Crippen molar-refractivity contribution in [1.82, 2.24) is 29.3 Å². The van der Waals surface area contributed by atoms with Crippen LogP contribution in [0.3, 0.4) is 0 Å². The molecule has 6 rings (SSSR count). The summed E-state index contributed by atoms with van der Waals surface area (Å²) >= 11 is 0. The smallest absolute Gasteiger partial charge is 0.267 e. The van der Waals surface area contributed by atoms with E-state index < -0.39 is 49.5 Å². The van der Waals surface area contributed by atoms with Crippen molar-refractivity contribution in [2.45, 2.75) is 4.90 Å². The summed E-state index contributed by atoms with van der Waals surface area (Å²) < 4.78 is 78.5. The molecule has 0 amide bonds. The first-order valence-corrected chi connectivity index (χ1v) is 13.4. The number of halogens is 3. The number of anilines is 1. The second-order valence-corrected chi connectivity index (χ2v) is 10.4. The van der Waals surface area contributed by atoms with Gasteiger partial charge in [-0.1, -0.05) is 30.3 Å². The van der Waals surface area contributed by atoms with Crippen LogP contribution in [0.1, 0.15) is 0 Å². The minimum atomic E-state index is -4.58. The van der Waals surface area contributed by atoms with Crippen LogP contribution in [0.15, 0.2) is 84.5 Å². The molecule has 0 aliphatic rings. The zero-order valence-corrected chi connectivity index (χ0v) is 21.8. The molecule has 6 aromatic rings. The van der Waals surface area contributed by atoms with Crippen LogP contribution in [0.4, 0.5) is 18.9 Å². The van der Waals surface area contributed by atoms with Crippen molar-refractivity contribution in [3.05, 3.63) is 97.1 Å². The van der Waals surface area contributed by atoms with Crippen LogP contribution in [0.2, 0.25) is 0 Å². The summed E-state index contributed by atoms with van der Waals surface area (Å²) in [5.74, 6) is -3.10. The van der Waals surface area contributed by atoms with E-state index in [0.29, 0.717) is 28.8 Å². The molecule has 10 nitrogen and oxygen atoms in total. The standard InChI is InChI=1S/C27H18F3N7O3S/c1-40-27-22(9-16(28)10-33-27)41(38,39)36-18-8-7-17(29)23(24(18)30)20-13-37-14-34-25(21(37)12-31-20)26-32-11-19(35-26)15-5-3-2-4-6-15/h2-14,36H,1H3,(H,32,35). The number of ether oxygens (including phenoxy) is 1. The summed E-state index contributed by atoms with van der Waals surface area (Å²) in [6, 6.07) is 12.0. The number of hydrogen-bond donors (Lipinski definition) is 2. The Bertz CT molecular complexity index is 2030. The van der Waals surface area contributed by atoms with Crippen molar-refractivity contribution in [2.24, 2.45) is 0 Å². The molecule has 0 radical (unpaired) electrons. The SMILES string of the molecule is COc1ncc(F)cc1S(=O)(=O)Nc1ccc(F)c(-c2cn3cnc(-c4nc(-c5ccccc5)c[nH]4)c3cn2)c1F. The van der Waals surface area contributed by atoms with Crippen LogP contribution in [0.5, 0.6) is 5.88 Å². The molecule has 0 aliphatic heterocycles. The quantitative estimate of drug-likeness (QED) is 0.271. The van der Waals surface area contributed by atoms with Crippen LogP contribution in [0.25, 0.3) is 39.5 Å². The molecule has 0 unspecified atom stereocenters. The van der Waals surface area contributed by atoms with E-state index in [9.17, 15) is 17.2 Å². The van der Waals surface area contributed by atoms with E-state index in [1.54, 1.807) is 6.20 Å². The number of methoxy groups -OCH3 is 1. The molecule has 41 heavy (non-hydrogen) atoms. The summed E-state index contributed by atoms with van der Waals surface area (Å²) in [5, 5.41) is 0. The van der Waals surface area contributed by atoms with Gasteiger partial charge in [-0.15, -0.1) is 0 Å². The van der Waals surface area contributed by atoms with Gasteiger partial charge in [0.15, 0.2) is 16.5 Å². The van der Waals surface area contributed by atoms with Crippen LogP contribution < -0.4 is 9.46 Å². The van der Waals surface area contributed by atoms with Gasteiger partial charge < -0.3 is 14.1 Å². The zero-order chi connectivity index (χ0) is 28.7. The Labute approximate surface area is 230 Å². The summed E-state index contributed by atoms with van der Waals surface area (Å²) in [4.78, 5) is 19.2. The minimum absolute atomic E-state index is 0.132. The number of benzene rings is 2. The van der Waals surface area contributed by atoms with Crippen LogP contribution in [0, 0.1) is 17.5 Å². The maximum atomic E-state index is 15.6. The Morgan fingerprint density at radius 2 is 1.78 bits per heavy atom. The third-order valence-electron chi connectivity index (χ3n) is 6.15. The number of H-pyrrole nitrogens is 1. The average molecular weight is 578 g/mol. The van der Waals surface area contributed by atoms with E-state index >= 15 is 4.39 Å². The summed E-state index contributed by atoms with van der Waals surface area (Å²) in [7, 11) is -3.43. The van der Waals surface area contributed by atoms with Crippen molar-refractivity contribution in [3.63, 3.8) is 0 Å². The zero-order valence-electron chi connectivity index (χ0n) is 21.0. The first kappa shape index (κ1) is 26.0. The minimum Gasteiger partial charge on any atom is -0.480 e. The topological polar surface area (TPSA) is 127 Å². The molecule has 14 heteroatoms. The van der Waals surface area contributed by atoms with E-state index in [0.717, 1.165) is 31.0 Å². The second-order valence-electron chi connectivity index (χ2n) is 8.71. The molecule has 4 aromatic heterocycles. The molecule has 2 N–H and O–H groups in total. The molecule has 0 fully saturated rings. The number of rotatable bonds is 7. The highest BCUT2D eigenvalue weighted by Crippen LogP contribution is 2.33. The number of nitrogens with zero attached hydrogens (tertiary/aromatic N) is 5. The Hall–Kier alpha value is -5.24. The van der Waals surface area contributed by atoms with Crippen LogP contribution >= 0.6 is 0 Å². The Morgan fingerprint density at radius 1 is 0.976 bits per heavy atom. The van der Waals surface area contributed by atoms with Crippen molar-refractivity contribution < 1.29 is 26.3 Å². The Balaban J connectivity index is 1.35. The van der Waals surface area contributed by atoms with Gasteiger partial charge in [-0.2, -0.15) is 0 Å². The molecule has 0 spiro atoms. The molecular weight excluding hydrogens is 559 g/mol. The van der Waals surface area contributed by atoms with E-state index in [-0.39, 0.29) is 5.69 Å². The van der Waals surface area contributed by atoms with Crippen molar-refractivity contribution >= 4 is 21.2 Å². The lowest BCUT2D eigenvalue weighted by molar-refractivity contribution is 0.382. The van der Waals surface area contributed by atoms with Crippen molar-refractivity contribution in [3.8, 4) is 39.9 Å². The van der Waals surface area contributed by atoms with E-state index in [2.05, 4.69) is 24.9 Å². The lowest BCUT2D eigenvalue weighted by Crippen LogP contribution is -2.16. The third-order valence-corrected chi connectivity index (χ3v) is 7.51. The van der Waals surface area contributed by atoms with Gasteiger partial charge in [-0.25, -0.2) is 36.5 Å². The highest BCUT2D eigenvalue weighted by Gasteiger charge is 2.26. The van der Waals surface area contributed by atoms with E-state index in [1.807, 2.05) is 35.1 Å². The second kappa shape index (κ2) is 10.1. The average Bonchev–Trinajstić information content (AvgIpc) is 3.62. The van der Waals surface area contributed by atoms with Gasteiger partial charge >= 0.3 is 0 Å². The predicted octanol–water partition coefficient (Wildman–Crippen LogP) is 5.08. The number of nitrogens with one attached hydrogen (secondary N) is 2. The van der Waals surface area contributed by atoms with E-state index in [1.165, 1.54) is 23.1 Å². The van der Waals surface area contributed by atoms with Gasteiger partial charge in [0, 0.05) is 24.0 Å². The number of sulfonamides is 1. The number of hydrogen-bond acceptors (Lipinski definition) is 7. The van der Waals surface area contributed by atoms with Crippen molar-refractivity contribution in [2.75, 3.05) is 11.8 Å². The maximum Gasteiger partial charge on any atom is 0.267 e. The number of aromatic amines is 1. The number of fused-ring (bicyclic) bond motifs is 1. The monoisotopic (exact) mass is 577 g/mol. The molecule has 206 valence electrons. The fraction of sp³-hybridized carbons (Fsp3) is 0.0370. The van der Waals surface area contributed by atoms with Gasteiger partial charge in [-0.05, 0) is 12.1 Å². The molecule has 0 saturated carbocycles. The molecule has 0 bridgehead atoms. The van der Waals surface area contributed by atoms with Gasteiger partial charge in [0.25, 0.3) is 10.0 Å². The number of imidazole rings is 2.